The van der Waals surface area contributed by atoms with Crippen LogP contribution in [0.4, 0.5) is 5.82 Å². The highest BCUT2D eigenvalue weighted by atomic mass is 32.1. The minimum Gasteiger partial charge on any atom is -0.504 e. The first-order chi connectivity index (χ1) is 13.7. The number of hydrogen-bond acceptors (Lipinski definition) is 7. The number of pyridine rings is 1. The van der Waals surface area contributed by atoms with Crippen molar-refractivity contribution < 1.29 is 9.84 Å². The average Bonchev–Trinajstić information content (AvgIpc) is 3.06. The SMILES string of the molecule is Cc1nc(N2CCOc3c(O)cc(-c4cccnc4)cc3C2)c2ccsc2n1. The summed E-state index contributed by atoms with van der Waals surface area (Å²) >= 11 is 1.62. The smallest absolute Gasteiger partial charge is 0.166 e. The predicted octanol–water partition coefficient (Wildman–Crippen LogP) is 4.17. The standard InChI is InChI=1S/C21H18N4O2S/c1-13-23-20(17-4-8-28-21(17)24-13)25-6-7-27-19-16(12-25)9-15(10-18(19)26)14-3-2-5-22-11-14/h2-5,8-11,26H,6-7,12H2,1H3. The second-order valence-corrected chi connectivity index (χ2v) is 7.62. The molecule has 0 saturated carbocycles. The molecule has 6 nitrogen and oxygen atoms in total. The lowest BCUT2D eigenvalue weighted by molar-refractivity contribution is 0.312. The van der Waals surface area contributed by atoms with Crippen molar-refractivity contribution in [3.05, 3.63) is 59.5 Å². The quantitative estimate of drug-likeness (QED) is 0.554. The van der Waals surface area contributed by atoms with E-state index in [0.29, 0.717) is 25.4 Å². The van der Waals surface area contributed by atoms with Crippen molar-refractivity contribution in [1.29, 1.82) is 0 Å². The van der Waals surface area contributed by atoms with E-state index in [4.69, 9.17) is 9.72 Å². The molecule has 0 bridgehead atoms. The second-order valence-electron chi connectivity index (χ2n) is 6.73. The van der Waals surface area contributed by atoms with Crippen molar-refractivity contribution in [1.82, 2.24) is 15.0 Å². The minimum absolute atomic E-state index is 0.151. The summed E-state index contributed by atoms with van der Waals surface area (Å²) in [5.74, 6) is 2.36. The molecule has 1 aliphatic heterocycles. The summed E-state index contributed by atoms with van der Waals surface area (Å²) in [6.45, 7) is 3.66. The third-order valence-electron chi connectivity index (χ3n) is 4.83. The maximum atomic E-state index is 10.6. The molecule has 4 aromatic rings. The molecule has 0 atom stereocenters. The lowest BCUT2D eigenvalue weighted by atomic mass is 10.0. The molecule has 4 heterocycles. The van der Waals surface area contributed by atoms with Crippen molar-refractivity contribution in [3.63, 3.8) is 0 Å². The van der Waals surface area contributed by atoms with Crippen molar-refractivity contribution in [2.75, 3.05) is 18.1 Å². The number of anilines is 1. The molecule has 0 amide bonds. The van der Waals surface area contributed by atoms with Gasteiger partial charge in [-0.3, -0.25) is 4.98 Å². The van der Waals surface area contributed by atoms with Gasteiger partial charge in [-0.15, -0.1) is 11.3 Å². The number of aromatic hydroxyl groups is 1. The molecule has 1 N–H and O–H groups in total. The van der Waals surface area contributed by atoms with Crippen LogP contribution in [0.5, 0.6) is 11.5 Å². The van der Waals surface area contributed by atoms with E-state index < -0.39 is 0 Å². The Labute approximate surface area is 166 Å². The van der Waals surface area contributed by atoms with Gasteiger partial charge in [0, 0.05) is 30.1 Å². The first kappa shape index (κ1) is 16.9. The topological polar surface area (TPSA) is 71.4 Å². The number of phenolic OH excluding ortho intramolecular Hbond substituents is 1. The number of benzene rings is 1. The van der Waals surface area contributed by atoms with Crippen molar-refractivity contribution in [2.45, 2.75) is 13.5 Å². The zero-order valence-electron chi connectivity index (χ0n) is 15.3. The first-order valence-electron chi connectivity index (χ1n) is 9.05. The maximum absolute atomic E-state index is 10.6. The Hall–Kier alpha value is -3.19. The van der Waals surface area contributed by atoms with Gasteiger partial charge in [0.1, 0.15) is 23.1 Å². The summed E-state index contributed by atoms with van der Waals surface area (Å²) in [6, 6.07) is 9.72. The zero-order valence-corrected chi connectivity index (χ0v) is 16.1. The molecule has 28 heavy (non-hydrogen) atoms. The Morgan fingerprint density at radius 1 is 1.18 bits per heavy atom. The van der Waals surface area contributed by atoms with E-state index in [-0.39, 0.29) is 5.75 Å². The van der Waals surface area contributed by atoms with Gasteiger partial charge in [-0.2, -0.15) is 0 Å². The maximum Gasteiger partial charge on any atom is 0.166 e. The number of rotatable bonds is 2. The molecule has 0 unspecified atom stereocenters. The summed E-state index contributed by atoms with van der Waals surface area (Å²) in [7, 11) is 0. The van der Waals surface area contributed by atoms with Gasteiger partial charge in [0.05, 0.1) is 11.9 Å². The second kappa shape index (κ2) is 6.76. The summed E-state index contributed by atoms with van der Waals surface area (Å²) < 4.78 is 5.90. The number of fused-ring (bicyclic) bond motifs is 2. The normalized spacial score (nSPS) is 13.8. The molecule has 7 heteroatoms. The van der Waals surface area contributed by atoms with Gasteiger partial charge < -0.3 is 14.7 Å². The van der Waals surface area contributed by atoms with Crippen LogP contribution in [0.1, 0.15) is 11.4 Å². The van der Waals surface area contributed by atoms with Crippen LogP contribution in [0.25, 0.3) is 21.3 Å². The Balaban J connectivity index is 1.59. The summed E-state index contributed by atoms with van der Waals surface area (Å²) in [4.78, 5) is 16.6. The molecule has 5 rings (SSSR count). The Bertz CT molecular complexity index is 1160. The van der Waals surface area contributed by atoms with Crippen LogP contribution >= 0.6 is 11.3 Å². The van der Waals surface area contributed by atoms with E-state index in [1.54, 1.807) is 29.8 Å². The molecular weight excluding hydrogens is 372 g/mol. The lowest BCUT2D eigenvalue weighted by Gasteiger charge is -2.22. The van der Waals surface area contributed by atoms with Gasteiger partial charge in [-0.25, -0.2) is 9.97 Å². The molecule has 140 valence electrons. The van der Waals surface area contributed by atoms with Crippen LogP contribution in [-0.2, 0) is 6.54 Å². The molecule has 0 spiro atoms. The molecule has 0 aliphatic carbocycles. The van der Waals surface area contributed by atoms with Crippen LogP contribution < -0.4 is 9.64 Å². The van der Waals surface area contributed by atoms with Crippen molar-refractivity contribution in [3.8, 4) is 22.6 Å². The highest BCUT2D eigenvalue weighted by Gasteiger charge is 2.22. The highest BCUT2D eigenvalue weighted by molar-refractivity contribution is 7.16. The van der Waals surface area contributed by atoms with Crippen molar-refractivity contribution in [2.24, 2.45) is 0 Å². The summed E-state index contributed by atoms with van der Waals surface area (Å²) in [5.41, 5.74) is 2.79. The number of phenols is 1. The molecule has 0 fully saturated rings. The predicted molar refractivity (Wildman–Crippen MR) is 110 cm³/mol. The third kappa shape index (κ3) is 2.93. The average molecular weight is 390 g/mol. The Morgan fingerprint density at radius 3 is 2.96 bits per heavy atom. The number of aromatic nitrogens is 3. The van der Waals surface area contributed by atoms with Crippen molar-refractivity contribution >= 4 is 27.4 Å². The largest absolute Gasteiger partial charge is 0.504 e. The van der Waals surface area contributed by atoms with Gasteiger partial charge in [-0.1, -0.05) is 6.07 Å². The van der Waals surface area contributed by atoms with Gasteiger partial charge in [0.25, 0.3) is 0 Å². The molecule has 0 radical (unpaired) electrons. The van der Waals surface area contributed by atoms with Crippen LogP contribution in [0.3, 0.4) is 0 Å². The van der Waals surface area contributed by atoms with E-state index in [0.717, 1.165) is 38.5 Å². The Kier molecular flexibility index (Phi) is 4.09. The fourth-order valence-electron chi connectivity index (χ4n) is 3.56. The van der Waals surface area contributed by atoms with E-state index in [2.05, 4.69) is 27.0 Å². The van der Waals surface area contributed by atoms with E-state index in [9.17, 15) is 5.11 Å². The van der Waals surface area contributed by atoms with Gasteiger partial charge in [0.2, 0.25) is 0 Å². The monoisotopic (exact) mass is 390 g/mol. The van der Waals surface area contributed by atoms with Crippen LogP contribution in [0, 0.1) is 6.92 Å². The molecular formula is C21H18N4O2S. The van der Waals surface area contributed by atoms with E-state index in [1.807, 2.05) is 24.4 Å². The number of ether oxygens (including phenoxy) is 1. The molecule has 1 aromatic carbocycles. The number of nitrogens with zero attached hydrogens (tertiary/aromatic N) is 4. The van der Waals surface area contributed by atoms with E-state index in [1.165, 1.54) is 0 Å². The van der Waals surface area contributed by atoms with Gasteiger partial charge in [-0.05, 0) is 42.1 Å². The van der Waals surface area contributed by atoms with Crippen LogP contribution in [-0.4, -0.2) is 33.2 Å². The number of aryl methyl sites for hydroxylation is 1. The summed E-state index contributed by atoms with van der Waals surface area (Å²) in [5, 5.41) is 13.7. The van der Waals surface area contributed by atoms with Gasteiger partial charge >= 0.3 is 0 Å². The fourth-order valence-corrected chi connectivity index (χ4v) is 4.37. The molecule has 1 aliphatic rings. The van der Waals surface area contributed by atoms with Crippen LogP contribution in [0.15, 0.2) is 48.1 Å². The first-order valence-corrected chi connectivity index (χ1v) is 9.93. The highest BCUT2D eigenvalue weighted by Crippen LogP contribution is 2.39. The number of hydrogen-bond donors (Lipinski definition) is 1. The molecule has 0 saturated heterocycles. The zero-order chi connectivity index (χ0) is 19.1. The Morgan fingerprint density at radius 2 is 2.11 bits per heavy atom. The fraction of sp³-hybridized carbons (Fsp3) is 0.190. The van der Waals surface area contributed by atoms with E-state index >= 15 is 0 Å². The molecule has 3 aromatic heterocycles. The number of thiophene rings is 1. The lowest BCUT2D eigenvalue weighted by Crippen LogP contribution is -2.26. The minimum atomic E-state index is 0.151. The van der Waals surface area contributed by atoms with Crippen LogP contribution in [0.2, 0.25) is 0 Å². The summed E-state index contributed by atoms with van der Waals surface area (Å²) in [6.07, 6.45) is 3.53. The third-order valence-corrected chi connectivity index (χ3v) is 5.63. The van der Waals surface area contributed by atoms with Gasteiger partial charge in [0.15, 0.2) is 11.5 Å².